The number of aryl methyl sites for hydroxylation is 1. The van der Waals surface area contributed by atoms with Crippen LogP contribution >= 0.6 is 0 Å². The number of carbonyl (C=O) groups excluding carboxylic acids is 2. The van der Waals surface area contributed by atoms with E-state index in [0.29, 0.717) is 18.9 Å². The summed E-state index contributed by atoms with van der Waals surface area (Å²) in [5, 5.41) is 0. The fraction of sp³-hybridized carbons (Fsp3) is 0.529. The summed E-state index contributed by atoms with van der Waals surface area (Å²) in [4.78, 5) is 25.4. The third kappa shape index (κ3) is 5.98. The Kier molecular flexibility index (Phi) is 6.92. The molecule has 21 heavy (non-hydrogen) atoms. The number of rotatable bonds is 7. The average Bonchev–Trinajstić information content (AvgIpc) is 2.45. The Balaban J connectivity index is 2.79. The summed E-state index contributed by atoms with van der Waals surface area (Å²) in [6, 6.07) is 7.89. The molecule has 0 aromatic heterocycles. The van der Waals surface area contributed by atoms with Crippen LogP contribution in [0.5, 0.6) is 0 Å². The van der Waals surface area contributed by atoms with Gasteiger partial charge in [0.15, 0.2) is 0 Å². The summed E-state index contributed by atoms with van der Waals surface area (Å²) in [5.74, 6) is 0.0752. The normalized spacial score (nSPS) is 10.5. The lowest BCUT2D eigenvalue weighted by molar-refractivity contribution is -0.147. The number of amides is 1. The molecule has 0 heterocycles. The molecule has 0 atom stereocenters. The van der Waals surface area contributed by atoms with Crippen molar-refractivity contribution in [1.82, 2.24) is 4.90 Å². The maximum atomic E-state index is 12.3. The van der Waals surface area contributed by atoms with Crippen molar-refractivity contribution >= 4 is 11.9 Å². The zero-order chi connectivity index (χ0) is 15.8. The van der Waals surface area contributed by atoms with Gasteiger partial charge in [-0.25, -0.2) is 0 Å². The van der Waals surface area contributed by atoms with Crippen molar-refractivity contribution in [3.63, 3.8) is 0 Å². The lowest BCUT2D eigenvalue weighted by Crippen LogP contribution is -2.36. The maximum Gasteiger partial charge on any atom is 0.325 e. The molecule has 0 radical (unpaired) electrons. The highest BCUT2D eigenvalue weighted by Crippen LogP contribution is 2.13. The van der Waals surface area contributed by atoms with E-state index in [-0.39, 0.29) is 18.4 Å². The van der Waals surface area contributed by atoms with Crippen LogP contribution in [0.1, 0.15) is 37.8 Å². The highest BCUT2D eigenvalue weighted by Gasteiger charge is 2.18. The van der Waals surface area contributed by atoms with E-state index in [4.69, 9.17) is 4.74 Å². The number of carbonyl (C=O) groups is 2. The SMILES string of the molecule is COC(=O)CN(Cc1ccccc1C)C(=O)CCC(C)C. The number of hydrogen-bond acceptors (Lipinski definition) is 3. The minimum atomic E-state index is -0.388. The van der Waals surface area contributed by atoms with E-state index in [9.17, 15) is 9.59 Å². The third-order valence-electron chi connectivity index (χ3n) is 3.46. The smallest absolute Gasteiger partial charge is 0.325 e. The van der Waals surface area contributed by atoms with Gasteiger partial charge in [0.1, 0.15) is 6.54 Å². The maximum absolute atomic E-state index is 12.3. The first-order chi connectivity index (χ1) is 9.93. The molecule has 0 spiro atoms. The van der Waals surface area contributed by atoms with E-state index in [1.54, 1.807) is 4.90 Å². The number of ether oxygens (including phenoxy) is 1. The van der Waals surface area contributed by atoms with Gasteiger partial charge in [-0.2, -0.15) is 0 Å². The van der Waals surface area contributed by atoms with Gasteiger partial charge in [-0.3, -0.25) is 9.59 Å². The van der Waals surface area contributed by atoms with Crippen molar-refractivity contribution in [3.8, 4) is 0 Å². The van der Waals surface area contributed by atoms with Gasteiger partial charge in [-0.05, 0) is 30.4 Å². The second-order valence-corrected chi connectivity index (χ2v) is 5.68. The van der Waals surface area contributed by atoms with Gasteiger partial charge in [-0.1, -0.05) is 38.1 Å². The Morgan fingerprint density at radius 2 is 1.90 bits per heavy atom. The van der Waals surface area contributed by atoms with Crippen molar-refractivity contribution in [3.05, 3.63) is 35.4 Å². The quantitative estimate of drug-likeness (QED) is 0.726. The fourth-order valence-corrected chi connectivity index (χ4v) is 2.02. The van der Waals surface area contributed by atoms with Crippen LogP contribution in [0, 0.1) is 12.8 Å². The first-order valence-corrected chi connectivity index (χ1v) is 7.33. The summed E-state index contributed by atoms with van der Waals surface area (Å²) >= 11 is 0. The van der Waals surface area contributed by atoms with E-state index in [0.717, 1.165) is 17.5 Å². The molecule has 0 unspecified atom stereocenters. The van der Waals surface area contributed by atoms with Crippen molar-refractivity contribution in [1.29, 1.82) is 0 Å². The molecule has 116 valence electrons. The molecular formula is C17H25NO3. The standard InChI is InChI=1S/C17H25NO3/c1-13(2)9-10-16(19)18(12-17(20)21-4)11-15-8-6-5-7-14(15)3/h5-8,13H,9-12H2,1-4H3. The number of hydrogen-bond donors (Lipinski definition) is 0. The molecule has 1 amide bonds. The summed E-state index contributed by atoms with van der Waals surface area (Å²) in [6.07, 6.45) is 1.28. The molecule has 0 aliphatic rings. The Hall–Kier alpha value is -1.84. The highest BCUT2D eigenvalue weighted by atomic mass is 16.5. The van der Waals surface area contributed by atoms with Crippen molar-refractivity contribution in [2.75, 3.05) is 13.7 Å². The van der Waals surface area contributed by atoms with Crippen LogP contribution in [0.4, 0.5) is 0 Å². The molecule has 4 nitrogen and oxygen atoms in total. The molecule has 0 N–H and O–H groups in total. The second kappa shape index (κ2) is 8.45. The second-order valence-electron chi connectivity index (χ2n) is 5.68. The minimum Gasteiger partial charge on any atom is -0.468 e. The fourth-order valence-electron chi connectivity index (χ4n) is 2.02. The van der Waals surface area contributed by atoms with Crippen LogP contribution in [-0.4, -0.2) is 30.4 Å². The van der Waals surface area contributed by atoms with Crippen LogP contribution in [-0.2, 0) is 20.9 Å². The molecule has 0 aliphatic carbocycles. The lowest BCUT2D eigenvalue weighted by atomic mass is 10.1. The molecule has 1 aromatic carbocycles. The summed E-state index contributed by atoms with van der Waals surface area (Å²) < 4.78 is 4.69. The van der Waals surface area contributed by atoms with Gasteiger partial charge in [0.2, 0.25) is 5.91 Å². The van der Waals surface area contributed by atoms with Crippen molar-refractivity contribution in [2.45, 2.75) is 40.2 Å². The summed E-state index contributed by atoms with van der Waals surface area (Å²) in [7, 11) is 1.34. The Bertz CT molecular complexity index is 483. The van der Waals surface area contributed by atoms with Gasteiger partial charge < -0.3 is 9.64 Å². The van der Waals surface area contributed by atoms with Crippen LogP contribution in [0.3, 0.4) is 0 Å². The first kappa shape index (κ1) is 17.2. The average molecular weight is 291 g/mol. The Labute approximate surface area is 127 Å². The number of benzene rings is 1. The highest BCUT2D eigenvalue weighted by molar-refractivity contribution is 5.82. The molecule has 0 saturated heterocycles. The number of nitrogens with zero attached hydrogens (tertiary/aromatic N) is 1. The molecule has 0 fully saturated rings. The lowest BCUT2D eigenvalue weighted by Gasteiger charge is -2.23. The largest absolute Gasteiger partial charge is 0.468 e. The molecule has 0 saturated carbocycles. The van der Waals surface area contributed by atoms with E-state index < -0.39 is 0 Å². The van der Waals surface area contributed by atoms with Crippen LogP contribution in [0.2, 0.25) is 0 Å². The molecule has 1 aromatic rings. The van der Waals surface area contributed by atoms with Crippen LogP contribution in [0.15, 0.2) is 24.3 Å². The van der Waals surface area contributed by atoms with Crippen LogP contribution < -0.4 is 0 Å². The van der Waals surface area contributed by atoms with E-state index in [1.165, 1.54) is 7.11 Å². The van der Waals surface area contributed by atoms with Gasteiger partial charge in [-0.15, -0.1) is 0 Å². The number of methoxy groups -OCH3 is 1. The van der Waals surface area contributed by atoms with Gasteiger partial charge >= 0.3 is 5.97 Å². The van der Waals surface area contributed by atoms with Gasteiger partial charge in [0.05, 0.1) is 7.11 Å². The molecular weight excluding hydrogens is 266 g/mol. The predicted octanol–water partition coefficient (Wildman–Crippen LogP) is 2.93. The Morgan fingerprint density at radius 3 is 2.48 bits per heavy atom. The summed E-state index contributed by atoms with van der Waals surface area (Å²) in [5.41, 5.74) is 2.17. The monoisotopic (exact) mass is 291 g/mol. The zero-order valence-corrected chi connectivity index (χ0v) is 13.4. The molecule has 0 aliphatic heterocycles. The van der Waals surface area contributed by atoms with Gasteiger partial charge in [0.25, 0.3) is 0 Å². The molecule has 4 heteroatoms. The molecule has 1 rings (SSSR count). The predicted molar refractivity (Wildman–Crippen MR) is 82.7 cm³/mol. The Morgan fingerprint density at radius 1 is 1.24 bits per heavy atom. The third-order valence-corrected chi connectivity index (χ3v) is 3.46. The van der Waals surface area contributed by atoms with E-state index in [2.05, 4.69) is 13.8 Å². The molecule has 0 bridgehead atoms. The van der Waals surface area contributed by atoms with Gasteiger partial charge in [0, 0.05) is 13.0 Å². The topological polar surface area (TPSA) is 46.6 Å². The minimum absolute atomic E-state index is 0.00175. The zero-order valence-electron chi connectivity index (χ0n) is 13.4. The summed E-state index contributed by atoms with van der Waals surface area (Å²) in [6.45, 7) is 6.61. The van der Waals surface area contributed by atoms with Crippen LogP contribution in [0.25, 0.3) is 0 Å². The number of esters is 1. The van der Waals surface area contributed by atoms with Crippen molar-refractivity contribution < 1.29 is 14.3 Å². The van der Waals surface area contributed by atoms with Crippen molar-refractivity contribution in [2.24, 2.45) is 5.92 Å². The van der Waals surface area contributed by atoms with E-state index >= 15 is 0 Å². The van der Waals surface area contributed by atoms with E-state index in [1.807, 2.05) is 31.2 Å². The first-order valence-electron chi connectivity index (χ1n) is 7.33.